The fraction of sp³-hybridized carbons (Fsp3) is 1.00. The predicted molar refractivity (Wildman–Crippen MR) is 60.5 cm³/mol. The number of nitrogens with zero attached hydrogens (tertiary/aromatic N) is 1. The van der Waals surface area contributed by atoms with Gasteiger partial charge in [0.25, 0.3) is 0 Å². The topological polar surface area (TPSA) is 15.3 Å². The molecule has 0 saturated carbocycles. The lowest BCUT2D eigenvalue weighted by molar-refractivity contribution is 0.132. The molecule has 2 rings (SSSR count). The van der Waals surface area contributed by atoms with Crippen LogP contribution in [0.2, 0.25) is 0 Å². The molecule has 0 aromatic heterocycles. The molecular weight excluding hydrogens is 172 g/mol. The summed E-state index contributed by atoms with van der Waals surface area (Å²) < 4.78 is 0. The summed E-state index contributed by atoms with van der Waals surface area (Å²) in [7, 11) is 0. The van der Waals surface area contributed by atoms with Crippen LogP contribution in [0, 0.1) is 0 Å². The largest absolute Gasteiger partial charge is 0.313 e. The van der Waals surface area contributed by atoms with Crippen LogP contribution in [0.3, 0.4) is 0 Å². The Morgan fingerprint density at radius 2 is 2.14 bits per heavy atom. The van der Waals surface area contributed by atoms with E-state index in [4.69, 9.17) is 0 Å². The second kappa shape index (κ2) is 5.13. The molecule has 2 aliphatic heterocycles. The Bertz CT molecular complexity index is 164. The molecule has 0 aliphatic carbocycles. The van der Waals surface area contributed by atoms with Crippen molar-refractivity contribution in [2.45, 2.75) is 57.5 Å². The molecule has 0 amide bonds. The van der Waals surface area contributed by atoms with Crippen LogP contribution in [-0.2, 0) is 0 Å². The fourth-order valence-corrected chi connectivity index (χ4v) is 2.96. The Kier molecular flexibility index (Phi) is 3.82. The molecule has 2 nitrogen and oxygen atoms in total. The van der Waals surface area contributed by atoms with Crippen molar-refractivity contribution in [1.29, 1.82) is 0 Å². The zero-order chi connectivity index (χ0) is 9.80. The molecule has 0 spiro atoms. The normalized spacial score (nSPS) is 34.9. The molecule has 1 N–H and O–H groups in total. The average molecular weight is 196 g/mol. The molecule has 0 aromatic carbocycles. The third-order valence-corrected chi connectivity index (χ3v) is 3.84. The van der Waals surface area contributed by atoms with Crippen molar-refractivity contribution >= 4 is 0 Å². The van der Waals surface area contributed by atoms with E-state index in [1.54, 1.807) is 0 Å². The minimum absolute atomic E-state index is 0.794. The van der Waals surface area contributed by atoms with Gasteiger partial charge in [0.2, 0.25) is 0 Å². The van der Waals surface area contributed by atoms with Gasteiger partial charge in [0, 0.05) is 18.6 Å². The van der Waals surface area contributed by atoms with Crippen LogP contribution in [0.4, 0.5) is 0 Å². The highest BCUT2D eigenvalue weighted by Crippen LogP contribution is 2.20. The first kappa shape index (κ1) is 10.4. The molecule has 14 heavy (non-hydrogen) atoms. The van der Waals surface area contributed by atoms with Gasteiger partial charge in [-0.25, -0.2) is 0 Å². The van der Waals surface area contributed by atoms with Gasteiger partial charge in [-0.3, -0.25) is 4.90 Å². The van der Waals surface area contributed by atoms with Crippen LogP contribution < -0.4 is 5.32 Å². The van der Waals surface area contributed by atoms with Crippen molar-refractivity contribution < 1.29 is 0 Å². The number of rotatable bonds is 3. The van der Waals surface area contributed by atoms with Crippen LogP contribution in [0.1, 0.15) is 45.4 Å². The summed E-state index contributed by atoms with van der Waals surface area (Å²) in [5, 5.41) is 3.61. The molecule has 0 bridgehead atoms. The summed E-state index contributed by atoms with van der Waals surface area (Å²) in [5.41, 5.74) is 0. The van der Waals surface area contributed by atoms with Gasteiger partial charge in [0.15, 0.2) is 0 Å². The molecule has 2 fully saturated rings. The van der Waals surface area contributed by atoms with Crippen LogP contribution in [-0.4, -0.2) is 36.6 Å². The van der Waals surface area contributed by atoms with Crippen molar-refractivity contribution in [2.75, 3.05) is 19.6 Å². The lowest BCUT2D eigenvalue weighted by Crippen LogP contribution is -2.45. The van der Waals surface area contributed by atoms with Crippen LogP contribution in [0.25, 0.3) is 0 Å². The van der Waals surface area contributed by atoms with Crippen molar-refractivity contribution in [3.05, 3.63) is 0 Å². The third kappa shape index (κ3) is 2.48. The van der Waals surface area contributed by atoms with Gasteiger partial charge in [0.1, 0.15) is 0 Å². The highest BCUT2D eigenvalue weighted by atomic mass is 15.2. The van der Waals surface area contributed by atoms with E-state index in [1.165, 1.54) is 58.2 Å². The van der Waals surface area contributed by atoms with E-state index in [1.807, 2.05) is 0 Å². The lowest BCUT2D eigenvalue weighted by atomic mass is 9.99. The summed E-state index contributed by atoms with van der Waals surface area (Å²) in [5.74, 6) is 0. The van der Waals surface area contributed by atoms with Gasteiger partial charge < -0.3 is 5.32 Å². The average Bonchev–Trinajstić information content (AvgIpc) is 2.71. The maximum Gasteiger partial charge on any atom is 0.0195 e. The van der Waals surface area contributed by atoms with Crippen molar-refractivity contribution in [1.82, 2.24) is 10.2 Å². The quantitative estimate of drug-likeness (QED) is 0.743. The molecule has 2 atom stereocenters. The maximum atomic E-state index is 3.61. The summed E-state index contributed by atoms with van der Waals surface area (Å²) >= 11 is 0. The van der Waals surface area contributed by atoms with Gasteiger partial charge in [-0.2, -0.15) is 0 Å². The second-order valence-corrected chi connectivity index (χ2v) is 4.85. The van der Waals surface area contributed by atoms with Gasteiger partial charge in [-0.15, -0.1) is 0 Å². The summed E-state index contributed by atoms with van der Waals surface area (Å²) in [6.07, 6.45) is 8.43. The van der Waals surface area contributed by atoms with Crippen molar-refractivity contribution in [2.24, 2.45) is 0 Å². The SMILES string of the molecule is CCC1CCCCN1C[C@H]1CCCN1. The van der Waals surface area contributed by atoms with Gasteiger partial charge >= 0.3 is 0 Å². The van der Waals surface area contributed by atoms with E-state index in [-0.39, 0.29) is 0 Å². The Labute approximate surface area is 88.1 Å². The molecule has 0 aromatic rings. The van der Waals surface area contributed by atoms with E-state index in [0.29, 0.717) is 0 Å². The number of nitrogens with one attached hydrogen (secondary N) is 1. The first-order valence-electron chi connectivity index (χ1n) is 6.37. The Morgan fingerprint density at radius 1 is 1.21 bits per heavy atom. The Morgan fingerprint density at radius 3 is 2.86 bits per heavy atom. The maximum absolute atomic E-state index is 3.61. The number of hydrogen-bond acceptors (Lipinski definition) is 2. The molecule has 2 aliphatic rings. The van der Waals surface area contributed by atoms with Crippen molar-refractivity contribution in [3.63, 3.8) is 0 Å². The molecule has 82 valence electrons. The van der Waals surface area contributed by atoms with E-state index >= 15 is 0 Å². The zero-order valence-electron chi connectivity index (χ0n) is 9.47. The summed E-state index contributed by atoms with van der Waals surface area (Å²) in [6.45, 7) is 6.23. The molecule has 2 heteroatoms. The summed E-state index contributed by atoms with van der Waals surface area (Å²) in [4.78, 5) is 2.73. The van der Waals surface area contributed by atoms with Gasteiger partial charge in [-0.1, -0.05) is 13.3 Å². The number of hydrogen-bond donors (Lipinski definition) is 1. The zero-order valence-corrected chi connectivity index (χ0v) is 9.47. The van der Waals surface area contributed by atoms with E-state index in [9.17, 15) is 0 Å². The standard InChI is InChI=1S/C12H24N2/c1-2-12-7-3-4-9-14(12)10-11-6-5-8-13-11/h11-13H,2-10H2,1H3/t11-,12?/m1/s1. The van der Waals surface area contributed by atoms with Crippen LogP contribution >= 0.6 is 0 Å². The van der Waals surface area contributed by atoms with Crippen LogP contribution in [0.15, 0.2) is 0 Å². The molecule has 2 saturated heterocycles. The Hall–Kier alpha value is -0.0800. The monoisotopic (exact) mass is 196 g/mol. The highest BCUT2D eigenvalue weighted by Gasteiger charge is 2.24. The smallest absolute Gasteiger partial charge is 0.0195 e. The second-order valence-electron chi connectivity index (χ2n) is 4.85. The minimum Gasteiger partial charge on any atom is -0.313 e. The van der Waals surface area contributed by atoms with Crippen LogP contribution in [0.5, 0.6) is 0 Å². The van der Waals surface area contributed by atoms with Gasteiger partial charge in [-0.05, 0) is 45.2 Å². The lowest BCUT2D eigenvalue weighted by Gasteiger charge is -2.36. The molecule has 2 heterocycles. The molecule has 1 unspecified atom stereocenters. The molecular formula is C12H24N2. The first-order chi connectivity index (χ1) is 6.90. The fourth-order valence-electron chi connectivity index (χ4n) is 2.96. The van der Waals surface area contributed by atoms with E-state index in [0.717, 1.165) is 12.1 Å². The number of likely N-dealkylation sites (tertiary alicyclic amines) is 1. The number of piperidine rings is 1. The first-order valence-corrected chi connectivity index (χ1v) is 6.37. The summed E-state index contributed by atoms with van der Waals surface area (Å²) in [6, 6.07) is 1.67. The van der Waals surface area contributed by atoms with E-state index < -0.39 is 0 Å². The minimum atomic E-state index is 0.794. The third-order valence-electron chi connectivity index (χ3n) is 3.84. The van der Waals surface area contributed by atoms with E-state index in [2.05, 4.69) is 17.1 Å². The predicted octanol–water partition coefficient (Wildman–Crippen LogP) is 2.00. The highest BCUT2D eigenvalue weighted by molar-refractivity contribution is 4.83. The Balaban J connectivity index is 1.81. The molecule has 0 radical (unpaired) electrons. The van der Waals surface area contributed by atoms with Crippen molar-refractivity contribution in [3.8, 4) is 0 Å². The van der Waals surface area contributed by atoms with Gasteiger partial charge in [0.05, 0.1) is 0 Å².